The first-order valence-corrected chi connectivity index (χ1v) is 6.70. The molecular weight excluding hydrogens is 216 g/mol. The predicted octanol–water partition coefficient (Wildman–Crippen LogP) is 2.68. The number of nitrogens with two attached hydrogens (primary N) is 2. The average molecular weight is 236 g/mol. The van der Waals surface area contributed by atoms with Crippen molar-refractivity contribution in [3.63, 3.8) is 0 Å². The molecule has 0 radical (unpaired) electrons. The van der Waals surface area contributed by atoms with Crippen molar-refractivity contribution in [1.82, 2.24) is 0 Å². The van der Waals surface area contributed by atoms with Crippen LogP contribution in [0.4, 0.5) is 0 Å². The van der Waals surface area contributed by atoms with E-state index in [0.29, 0.717) is 5.25 Å². The molecule has 0 aliphatic heterocycles. The topological polar surface area (TPSA) is 52.0 Å². The minimum atomic E-state index is -0.132. The first-order chi connectivity index (χ1) is 7.51. The van der Waals surface area contributed by atoms with Crippen LogP contribution in [-0.4, -0.2) is 10.8 Å². The third kappa shape index (κ3) is 2.59. The number of thioether (sulfide) groups is 1. The van der Waals surface area contributed by atoms with Crippen molar-refractivity contribution in [3.05, 3.63) is 29.8 Å². The third-order valence-electron chi connectivity index (χ3n) is 3.06. The summed E-state index contributed by atoms with van der Waals surface area (Å²) >= 11 is 1.87. The minimum Gasteiger partial charge on any atom is -0.323 e. The lowest BCUT2D eigenvalue weighted by Gasteiger charge is -2.19. The van der Waals surface area contributed by atoms with Gasteiger partial charge in [-0.2, -0.15) is 0 Å². The van der Waals surface area contributed by atoms with E-state index in [-0.39, 0.29) is 11.6 Å². The fourth-order valence-corrected chi connectivity index (χ4v) is 2.65. The molecule has 1 saturated carbocycles. The number of hydrogen-bond acceptors (Lipinski definition) is 3. The van der Waals surface area contributed by atoms with E-state index in [2.05, 4.69) is 38.1 Å². The zero-order chi connectivity index (χ0) is 11.8. The zero-order valence-electron chi connectivity index (χ0n) is 9.94. The lowest BCUT2D eigenvalue weighted by molar-refractivity contribution is 0.536. The highest BCUT2D eigenvalue weighted by atomic mass is 32.2. The molecule has 16 heavy (non-hydrogen) atoms. The molecule has 1 aliphatic rings. The Bertz CT molecular complexity index is 355. The molecule has 0 amide bonds. The van der Waals surface area contributed by atoms with Crippen molar-refractivity contribution in [3.8, 4) is 0 Å². The van der Waals surface area contributed by atoms with Crippen molar-refractivity contribution >= 4 is 11.8 Å². The fraction of sp³-hybridized carbons (Fsp3) is 0.538. The Balaban J connectivity index is 2.07. The second-order valence-electron chi connectivity index (χ2n) is 4.95. The predicted molar refractivity (Wildman–Crippen MR) is 70.5 cm³/mol. The summed E-state index contributed by atoms with van der Waals surface area (Å²) in [7, 11) is 0. The van der Waals surface area contributed by atoms with Crippen LogP contribution in [0.3, 0.4) is 0 Å². The standard InChI is InChI=1S/C13H20N2S/c1-9(2)16-11-5-3-10(4-6-11)12(14)13(15)7-8-13/h3-6,9,12H,7-8,14-15H2,1-2H3. The van der Waals surface area contributed by atoms with Crippen LogP contribution >= 0.6 is 11.8 Å². The molecule has 88 valence electrons. The molecule has 0 spiro atoms. The van der Waals surface area contributed by atoms with Gasteiger partial charge in [0.2, 0.25) is 0 Å². The van der Waals surface area contributed by atoms with Crippen LogP contribution in [0, 0.1) is 0 Å². The van der Waals surface area contributed by atoms with Crippen LogP contribution in [0.2, 0.25) is 0 Å². The molecule has 1 aromatic rings. The van der Waals surface area contributed by atoms with Gasteiger partial charge >= 0.3 is 0 Å². The quantitative estimate of drug-likeness (QED) is 0.790. The molecule has 2 rings (SSSR count). The molecule has 1 aliphatic carbocycles. The summed E-state index contributed by atoms with van der Waals surface area (Å²) in [4.78, 5) is 1.30. The highest BCUT2D eigenvalue weighted by Gasteiger charge is 2.44. The first-order valence-electron chi connectivity index (χ1n) is 5.82. The molecule has 0 aromatic heterocycles. The van der Waals surface area contributed by atoms with Gasteiger partial charge in [0.05, 0.1) is 0 Å². The summed E-state index contributed by atoms with van der Waals surface area (Å²) in [6.07, 6.45) is 2.10. The molecule has 1 unspecified atom stereocenters. The van der Waals surface area contributed by atoms with Crippen LogP contribution < -0.4 is 11.5 Å². The molecule has 2 nitrogen and oxygen atoms in total. The van der Waals surface area contributed by atoms with Gasteiger partial charge in [-0.25, -0.2) is 0 Å². The number of hydrogen-bond donors (Lipinski definition) is 2. The zero-order valence-corrected chi connectivity index (χ0v) is 10.8. The lowest BCUT2D eigenvalue weighted by atomic mass is 9.99. The van der Waals surface area contributed by atoms with Gasteiger partial charge in [0.25, 0.3) is 0 Å². The summed E-state index contributed by atoms with van der Waals surface area (Å²) in [5, 5.41) is 0.615. The second kappa shape index (κ2) is 4.40. The summed E-state index contributed by atoms with van der Waals surface area (Å²) in [5.41, 5.74) is 13.3. The van der Waals surface area contributed by atoms with Crippen LogP contribution in [0.15, 0.2) is 29.2 Å². The molecule has 0 bridgehead atoms. The maximum Gasteiger partial charge on any atom is 0.0477 e. The summed E-state index contributed by atoms with van der Waals surface area (Å²) in [5.74, 6) is 0. The fourth-order valence-electron chi connectivity index (χ4n) is 1.81. The Kier molecular flexibility index (Phi) is 3.29. The Morgan fingerprint density at radius 2 is 1.75 bits per heavy atom. The molecule has 1 aromatic carbocycles. The summed E-state index contributed by atoms with van der Waals surface area (Å²) < 4.78 is 0. The van der Waals surface area contributed by atoms with Crippen LogP contribution in [0.5, 0.6) is 0 Å². The summed E-state index contributed by atoms with van der Waals surface area (Å²) in [6.45, 7) is 4.40. The van der Waals surface area contributed by atoms with Gasteiger partial charge in [-0.05, 0) is 30.5 Å². The molecule has 0 saturated heterocycles. The van der Waals surface area contributed by atoms with Crippen LogP contribution in [-0.2, 0) is 0 Å². The molecular formula is C13H20N2S. The average Bonchev–Trinajstić information content (AvgIpc) is 2.97. The van der Waals surface area contributed by atoms with Gasteiger partial charge in [0.1, 0.15) is 0 Å². The van der Waals surface area contributed by atoms with E-state index in [1.165, 1.54) is 4.90 Å². The van der Waals surface area contributed by atoms with Crippen molar-refractivity contribution in [2.24, 2.45) is 11.5 Å². The van der Waals surface area contributed by atoms with Crippen LogP contribution in [0.25, 0.3) is 0 Å². The Hall–Kier alpha value is -0.510. The van der Waals surface area contributed by atoms with Gasteiger partial charge in [0, 0.05) is 21.7 Å². The van der Waals surface area contributed by atoms with Gasteiger partial charge < -0.3 is 11.5 Å². The third-order valence-corrected chi connectivity index (χ3v) is 4.07. The Morgan fingerprint density at radius 3 is 2.19 bits per heavy atom. The lowest BCUT2D eigenvalue weighted by Crippen LogP contribution is -2.36. The molecule has 3 heteroatoms. The largest absolute Gasteiger partial charge is 0.323 e. The van der Waals surface area contributed by atoms with E-state index in [9.17, 15) is 0 Å². The maximum atomic E-state index is 6.15. The highest BCUT2D eigenvalue weighted by Crippen LogP contribution is 2.42. The van der Waals surface area contributed by atoms with E-state index in [4.69, 9.17) is 11.5 Å². The van der Waals surface area contributed by atoms with Crippen LogP contribution in [0.1, 0.15) is 38.3 Å². The Labute approximate surface area is 102 Å². The summed E-state index contributed by atoms with van der Waals surface area (Å²) in [6, 6.07) is 8.51. The monoisotopic (exact) mass is 236 g/mol. The number of benzene rings is 1. The molecule has 0 heterocycles. The minimum absolute atomic E-state index is 0.00870. The molecule has 4 N–H and O–H groups in total. The van der Waals surface area contributed by atoms with Gasteiger partial charge in [-0.3, -0.25) is 0 Å². The normalized spacial score (nSPS) is 19.8. The maximum absolute atomic E-state index is 6.15. The van der Waals surface area contributed by atoms with E-state index in [1.54, 1.807) is 0 Å². The van der Waals surface area contributed by atoms with E-state index in [0.717, 1.165) is 18.4 Å². The van der Waals surface area contributed by atoms with E-state index < -0.39 is 0 Å². The SMILES string of the molecule is CC(C)Sc1ccc(C(N)C2(N)CC2)cc1. The highest BCUT2D eigenvalue weighted by molar-refractivity contribution is 7.99. The van der Waals surface area contributed by atoms with Crippen molar-refractivity contribution in [2.75, 3.05) is 0 Å². The first kappa shape index (κ1) is 12.0. The molecule has 1 atom stereocenters. The van der Waals surface area contributed by atoms with Gasteiger partial charge in [-0.1, -0.05) is 26.0 Å². The van der Waals surface area contributed by atoms with Gasteiger partial charge in [0.15, 0.2) is 0 Å². The smallest absolute Gasteiger partial charge is 0.0477 e. The van der Waals surface area contributed by atoms with Gasteiger partial charge in [-0.15, -0.1) is 11.8 Å². The van der Waals surface area contributed by atoms with Crippen molar-refractivity contribution in [2.45, 2.75) is 48.4 Å². The van der Waals surface area contributed by atoms with E-state index >= 15 is 0 Å². The Morgan fingerprint density at radius 1 is 1.19 bits per heavy atom. The van der Waals surface area contributed by atoms with E-state index in [1.807, 2.05) is 11.8 Å². The van der Waals surface area contributed by atoms with Crippen molar-refractivity contribution < 1.29 is 0 Å². The van der Waals surface area contributed by atoms with Crippen molar-refractivity contribution in [1.29, 1.82) is 0 Å². The second-order valence-corrected chi connectivity index (χ2v) is 6.60. The number of rotatable bonds is 4. The molecule has 1 fully saturated rings.